The second-order valence-electron chi connectivity index (χ2n) is 6.92. The highest BCUT2D eigenvalue weighted by atomic mass is 19.1. The third-order valence-corrected chi connectivity index (χ3v) is 5.17. The molecule has 0 bridgehead atoms. The Balaban J connectivity index is 1.61. The molecule has 138 valence electrons. The summed E-state index contributed by atoms with van der Waals surface area (Å²) in [7, 11) is 2.02. The first-order chi connectivity index (χ1) is 13.2. The van der Waals surface area contributed by atoms with Gasteiger partial charge in [-0.2, -0.15) is 0 Å². The Labute approximate surface area is 159 Å². The van der Waals surface area contributed by atoms with E-state index in [0.29, 0.717) is 28.7 Å². The molecule has 4 rings (SSSR count). The molecule has 2 aromatic carbocycles. The minimum Gasteiger partial charge on any atom is -0.340 e. The average Bonchev–Trinajstić information content (AvgIpc) is 2.75. The summed E-state index contributed by atoms with van der Waals surface area (Å²) in [5.41, 5.74) is 2.65. The van der Waals surface area contributed by atoms with Crippen molar-refractivity contribution in [3.05, 3.63) is 66.7 Å². The zero-order valence-electron chi connectivity index (χ0n) is 15.4. The molecular weight excluding hydrogens is 339 g/mol. The summed E-state index contributed by atoms with van der Waals surface area (Å²) in [6.45, 7) is 2.01. The fourth-order valence-corrected chi connectivity index (χ4v) is 3.57. The molecule has 27 heavy (non-hydrogen) atoms. The SMILES string of the molecule is CN(c1ncc(-c2cccc(-c3ccccc3)c2F)cn1)[C@@H]1CCCNC1. The summed E-state index contributed by atoms with van der Waals surface area (Å²) in [4.78, 5) is 11.1. The number of piperidine rings is 1. The van der Waals surface area contributed by atoms with E-state index in [-0.39, 0.29) is 5.82 Å². The zero-order chi connectivity index (χ0) is 18.6. The number of aromatic nitrogens is 2. The number of hydrogen-bond acceptors (Lipinski definition) is 4. The van der Waals surface area contributed by atoms with Crippen LogP contribution in [-0.4, -0.2) is 36.1 Å². The van der Waals surface area contributed by atoms with Crippen molar-refractivity contribution in [2.75, 3.05) is 25.0 Å². The zero-order valence-corrected chi connectivity index (χ0v) is 15.4. The summed E-state index contributed by atoms with van der Waals surface area (Å²) in [6.07, 6.45) is 5.71. The highest BCUT2D eigenvalue weighted by Gasteiger charge is 2.20. The van der Waals surface area contributed by atoms with Crippen molar-refractivity contribution in [2.24, 2.45) is 0 Å². The van der Waals surface area contributed by atoms with Crippen LogP contribution < -0.4 is 10.2 Å². The van der Waals surface area contributed by atoms with Gasteiger partial charge in [0.25, 0.3) is 0 Å². The van der Waals surface area contributed by atoms with Crippen molar-refractivity contribution in [3.8, 4) is 22.3 Å². The van der Waals surface area contributed by atoms with Gasteiger partial charge < -0.3 is 10.2 Å². The Bertz CT molecular complexity index is 890. The van der Waals surface area contributed by atoms with Crippen molar-refractivity contribution < 1.29 is 4.39 Å². The number of nitrogens with zero attached hydrogens (tertiary/aromatic N) is 3. The smallest absolute Gasteiger partial charge is 0.225 e. The summed E-state index contributed by atoms with van der Waals surface area (Å²) in [5, 5.41) is 3.41. The number of nitrogens with one attached hydrogen (secondary N) is 1. The van der Waals surface area contributed by atoms with Gasteiger partial charge in [0, 0.05) is 48.7 Å². The molecule has 1 N–H and O–H groups in total. The normalized spacial score (nSPS) is 16.9. The molecule has 5 heteroatoms. The van der Waals surface area contributed by atoms with Crippen LogP contribution in [0.15, 0.2) is 60.9 Å². The number of anilines is 1. The van der Waals surface area contributed by atoms with Gasteiger partial charge in [-0.15, -0.1) is 0 Å². The standard InChI is InChI=1S/C22H23FN4/c1-27(18-9-6-12-24-15-18)22-25-13-17(14-26-22)20-11-5-10-19(21(20)23)16-7-3-2-4-8-16/h2-5,7-8,10-11,13-14,18,24H,6,9,12,15H2,1H3/t18-/m1/s1. The predicted octanol–water partition coefficient (Wildman–Crippen LogP) is 4.14. The maximum atomic E-state index is 15.1. The van der Waals surface area contributed by atoms with Crippen LogP contribution in [0.25, 0.3) is 22.3 Å². The van der Waals surface area contributed by atoms with E-state index in [1.165, 1.54) is 0 Å². The first kappa shape index (κ1) is 17.6. The first-order valence-corrected chi connectivity index (χ1v) is 9.34. The first-order valence-electron chi connectivity index (χ1n) is 9.34. The van der Waals surface area contributed by atoms with Crippen molar-refractivity contribution in [1.82, 2.24) is 15.3 Å². The molecule has 4 nitrogen and oxygen atoms in total. The van der Waals surface area contributed by atoms with E-state index >= 15 is 4.39 Å². The number of halogens is 1. The van der Waals surface area contributed by atoms with Crippen LogP contribution >= 0.6 is 0 Å². The third kappa shape index (κ3) is 3.69. The minimum atomic E-state index is -0.245. The molecule has 1 aliphatic rings. The number of benzene rings is 2. The van der Waals surface area contributed by atoms with Crippen molar-refractivity contribution in [3.63, 3.8) is 0 Å². The van der Waals surface area contributed by atoms with E-state index in [9.17, 15) is 0 Å². The van der Waals surface area contributed by atoms with Crippen LogP contribution in [-0.2, 0) is 0 Å². The molecule has 0 spiro atoms. The van der Waals surface area contributed by atoms with Gasteiger partial charge >= 0.3 is 0 Å². The molecule has 0 radical (unpaired) electrons. The summed E-state index contributed by atoms with van der Waals surface area (Å²) in [5.74, 6) is 0.428. The maximum Gasteiger partial charge on any atom is 0.225 e. The van der Waals surface area contributed by atoms with Crippen molar-refractivity contribution in [1.29, 1.82) is 0 Å². The molecule has 0 amide bonds. The fourth-order valence-electron chi connectivity index (χ4n) is 3.57. The molecule has 1 aliphatic heterocycles. The van der Waals surface area contributed by atoms with Crippen LogP contribution in [0.2, 0.25) is 0 Å². The molecular formula is C22H23FN4. The number of likely N-dealkylation sites (N-methyl/N-ethyl adjacent to an activating group) is 1. The summed E-state index contributed by atoms with van der Waals surface area (Å²) < 4.78 is 15.1. The Morgan fingerprint density at radius 3 is 2.33 bits per heavy atom. The van der Waals surface area contributed by atoms with Crippen LogP contribution in [0.5, 0.6) is 0 Å². The van der Waals surface area contributed by atoms with Crippen molar-refractivity contribution in [2.45, 2.75) is 18.9 Å². The molecule has 0 aliphatic carbocycles. The van der Waals surface area contributed by atoms with Gasteiger partial charge in [-0.3, -0.25) is 0 Å². The van der Waals surface area contributed by atoms with Crippen LogP contribution in [0.1, 0.15) is 12.8 Å². The Morgan fingerprint density at radius 2 is 1.67 bits per heavy atom. The molecule has 0 unspecified atom stereocenters. The largest absolute Gasteiger partial charge is 0.340 e. The number of hydrogen-bond donors (Lipinski definition) is 1. The molecule has 0 saturated carbocycles. The van der Waals surface area contributed by atoms with Gasteiger partial charge in [0.1, 0.15) is 5.82 Å². The van der Waals surface area contributed by atoms with E-state index < -0.39 is 0 Å². The lowest BCUT2D eigenvalue weighted by Gasteiger charge is -2.31. The van der Waals surface area contributed by atoms with E-state index in [1.54, 1.807) is 24.5 Å². The van der Waals surface area contributed by atoms with Crippen LogP contribution in [0, 0.1) is 5.82 Å². The minimum absolute atomic E-state index is 0.245. The van der Waals surface area contributed by atoms with Gasteiger partial charge in [0.05, 0.1) is 0 Å². The molecule has 1 atom stereocenters. The van der Waals surface area contributed by atoms with Crippen LogP contribution in [0.3, 0.4) is 0 Å². The van der Waals surface area contributed by atoms with Gasteiger partial charge in [-0.05, 0) is 24.9 Å². The highest BCUT2D eigenvalue weighted by molar-refractivity contribution is 5.73. The second-order valence-corrected chi connectivity index (χ2v) is 6.92. The second kappa shape index (κ2) is 7.84. The summed E-state index contributed by atoms with van der Waals surface area (Å²) in [6, 6.07) is 15.4. The fraction of sp³-hybridized carbons (Fsp3) is 0.273. The lowest BCUT2D eigenvalue weighted by Crippen LogP contribution is -2.44. The van der Waals surface area contributed by atoms with E-state index in [2.05, 4.69) is 20.2 Å². The molecule has 1 fully saturated rings. The van der Waals surface area contributed by atoms with E-state index in [1.807, 2.05) is 43.4 Å². The number of rotatable bonds is 4. The average molecular weight is 362 g/mol. The van der Waals surface area contributed by atoms with Gasteiger partial charge in [-0.1, -0.05) is 48.5 Å². The third-order valence-electron chi connectivity index (χ3n) is 5.17. The maximum absolute atomic E-state index is 15.1. The topological polar surface area (TPSA) is 41.1 Å². The monoisotopic (exact) mass is 362 g/mol. The predicted molar refractivity (Wildman–Crippen MR) is 107 cm³/mol. The molecule has 1 aromatic heterocycles. The van der Waals surface area contributed by atoms with Crippen LogP contribution in [0.4, 0.5) is 10.3 Å². The molecule has 1 saturated heterocycles. The molecule has 2 heterocycles. The van der Waals surface area contributed by atoms with E-state index in [4.69, 9.17) is 0 Å². The van der Waals surface area contributed by atoms with E-state index in [0.717, 1.165) is 31.5 Å². The highest BCUT2D eigenvalue weighted by Crippen LogP contribution is 2.30. The lowest BCUT2D eigenvalue weighted by atomic mass is 9.99. The Hall–Kier alpha value is -2.79. The van der Waals surface area contributed by atoms with Gasteiger partial charge in [0.15, 0.2) is 0 Å². The van der Waals surface area contributed by atoms with Crippen molar-refractivity contribution >= 4 is 5.95 Å². The summed E-state index contributed by atoms with van der Waals surface area (Å²) >= 11 is 0. The lowest BCUT2D eigenvalue weighted by molar-refractivity contribution is 0.441. The molecule has 3 aromatic rings. The van der Waals surface area contributed by atoms with Gasteiger partial charge in [0.2, 0.25) is 5.95 Å². The van der Waals surface area contributed by atoms with Gasteiger partial charge in [-0.25, -0.2) is 14.4 Å². The Morgan fingerprint density at radius 1 is 0.963 bits per heavy atom. The Kier molecular flexibility index (Phi) is 5.12. The quantitative estimate of drug-likeness (QED) is 0.757.